The van der Waals surface area contributed by atoms with E-state index in [2.05, 4.69) is 33.3 Å². The highest BCUT2D eigenvalue weighted by molar-refractivity contribution is 9.10. The predicted molar refractivity (Wildman–Crippen MR) is 66.8 cm³/mol. The fourth-order valence-electron chi connectivity index (χ4n) is 1.29. The first kappa shape index (κ1) is 13.2. The quantitative estimate of drug-likeness (QED) is 0.890. The molecular formula is C10H16BrN3O2. The lowest BCUT2D eigenvalue weighted by atomic mass is 10.2. The van der Waals surface area contributed by atoms with Crippen molar-refractivity contribution in [3.63, 3.8) is 0 Å². The largest absolute Gasteiger partial charge is 0.383 e. The summed E-state index contributed by atoms with van der Waals surface area (Å²) in [6.45, 7) is 2.65. The summed E-state index contributed by atoms with van der Waals surface area (Å²) in [5.41, 5.74) is 0.546. The van der Waals surface area contributed by atoms with Gasteiger partial charge in [-0.1, -0.05) is 6.92 Å². The Balaban J connectivity index is 2.89. The highest BCUT2D eigenvalue weighted by Crippen LogP contribution is 2.17. The number of methoxy groups -OCH3 is 1. The van der Waals surface area contributed by atoms with Crippen LogP contribution < -0.4 is 10.9 Å². The molecule has 0 saturated heterocycles. The van der Waals surface area contributed by atoms with Crippen LogP contribution in [0, 0.1) is 0 Å². The Morgan fingerprint density at radius 1 is 1.69 bits per heavy atom. The van der Waals surface area contributed by atoms with Crippen molar-refractivity contribution in [3.8, 4) is 0 Å². The molecule has 0 radical (unpaired) electrons. The molecule has 0 bridgehead atoms. The van der Waals surface area contributed by atoms with Crippen molar-refractivity contribution in [2.75, 3.05) is 19.0 Å². The van der Waals surface area contributed by atoms with Gasteiger partial charge < -0.3 is 10.1 Å². The van der Waals surface area contributed by atoms with Crippen molar-refractivity contribution in [2.45, 2.75) is 19.4 Å². The van der Waals surface area contributed by atoms with Gasteiger partial charge >= 0.3 is 0 Å². The lowest BCUT2D eigenvalue weighted by molar-refractivity contribution is 0.184. The lowest BCUT2D eigenvalue weighted by Gasteiger charge is -2.17. The van der Waals surface area contributed by atoms with Crippen molar-refractivity contribution in [1.29, 1.82) is 0 Å². The van der Waals surface area contributed by atoms with Crippen molar-refractivity contribution < 1.29 is 4.74 Å². The predicted octanol–water partition coefficient (Wildman–Crippen LogP) is 1.38. The van der Waals surface area contributed by atoms with Gasteiger partial charge in [-0.15, -0.1) is 0 Å². The van der Waals surface area contributed by atoms with Gasteiger partial charge in [-0.25, -0.2) is 4.68 Å². The molecule has 16 heavy (non-hydrogen) atoms. The number of anilines is 1. The van der Waals surface area contributed by atoms with E-state index < -0.39 is 0 Å². The highest BCUT2D eigenvalue weighted by atomic mass is 79.9. The van der Waals surface area contributed by atoms with Crippen molar-refractivity contribution in [1.82, 2.24) is 9.78 Å². The molecule has 1 heterocycles. The first-order chi connectivity index (χ1) is 7.60. The summed E-state index contributed by atoms with van der Waals surface area (Å²) in [6.07, 6.45) is 2.54. The molecule has 1 rings (SSSR count). The van der Waals surface area contributed by atoms with E-state index >= 15 is 0 Å². The summed E-state index contributed by atoms with van der Waals surface area (Å²) >= 11 is 3.26. The fraction of sp³-hybridized carbons (Fsp3) is 0.600. The van der Waals surface area contributed by atoms with Crippen molar-refractivity contribution in [3.05, 3.63) is 21.0 Å². The van der Waals surface area contributed by atoms with Gasteiger partial charge in [-0.2, -0.15) is 5.10 Å². The number of ether oxygens (including phenoxy) is 1. The molecule has 0 spiro atoms. The SMILES string of the molecule is CCC(COC)Nc1cnn(C)c(=O)c1Br. The van der Waals surface area contributed by atoms with Crippen LogP contribution >= 0.6 is 15.9 Å². The molecule has 5 nitrogen and oxygen atoms in total. The molecule has 0 aliphatic heterocycles. The second-order valence-electron chi connectivity index (χ2n) is 3.51. The number of halogens is 1. The van der Waals surface area contributed by atoms with Gasteiger partial charge in [-0.05, 0) is 22.4 Å². The van der Waals surface area contributed by atoms with Gasteiger partial charge in [0, 0.05) is 20.2 Å². The number of aryl methyl sites for hydroxylation is 1. The summed E-state index contributed by atoms with van der Waals surface area (Å²) in [5.74, 6) is 0. The zero-order valence-electron chi connectivity index (χ0n) is 9.66. The minimum atomic E-state index is -0.155. The van der Waals surface area contributed by atoms with E-state index in [0.29, 0.717) is 16.8 Å². The minimum absolute atomic E-state index is 0.155. The summed E-state index contributed by atoms with van der Waals surface area (Å²) in [7, 11) is 3.27. The zero-order valence-corrected chi connectivity index (χ0v) is 11.2. The first-order valence-corrected chi connectivity index (χ1v) is 5.86. The maximum atomic E-state index is 11.6. The lowest BCUT2D eigenvalue weighted by Crippen LogP contribution is -2.27. The van der Waals surface area contributed by atoms with E-state index in [1.165, 1.54) is 4.68 Å². The minimum Gasteiger partial charge on any atom is -0.383 e. The van der Waals surface area contributed by atoms with Gasteiger partial charge in [0.25, 0.3) is 5.56 Å². The molecule has 90 valence electrons. The maximum absolute atomic E-state index is 11.6. The van der Waals surface area contributed by atoms with Gasteiger partial charge in [-0.3, -0.25) is 4.79 Å². The Labute approximate surface area is 103 Å². The molecule has 0 aliphatic rings. The Bertz CT molecular complexity index is 406. The van der Waals surface area contributed by atoms with Crippen LogP contribution in [0.1, 0.15) is 13.3 Å². The monoisotopic (exact) mass is 289 g/mol. The van der Waals surface area contributed by atoms with E-state index in [0.717, 1.165) is 6.42 Å². The average Bonchev–Trinajstić information content (AvgIpc) is 2.29. The maximum Gasteiger partial charge on any atom is 0.282 e. The van der Waals surface area contributed by atoms with E-state index in [-0.39, 0.29) is 11.6 Å². The summed E-state index contributed by atoms with van der Waals surface area (Å²) < 4.78 is 6.86. The molecule has 0 aliphatic carbocycles. The van der Waals surface area contributed by atoms with Crippen molar-refractivity contribution in [2.24, 2.45) is 7.05 Å². The number of nitrogens with one attached hydrogen (secondary N) is 1. The molecule has 1 atom stereocenters. The van der Waals surface area contributed by atoms with Crippen LogP contribution in [0.3, 0.4) is 0 Å². The van der Waals surface area contributed by atoms with Crippen molar-refractivity contribution >= 4 is 21.6 Å². The standard InChI is InChI=1S/C10H16BrN3O2/c1-4-7(6-16-3)13-8-5-12-14(2)10(15)9(8)11/h5,7,13H,4,6H2,1-3H3. The highest BCUT2D eigenvalue weighted by Gasteiger charge is 2.11. The summed E-state index contributed by atoms with van der Waals surface area (Å²) in [5, 5.41) is 7.18. The molecule has 1 unspecified atom stereocenters. The summed E-state index contributed by atoms with van der Waals surface area (Å²) in [6, 6.07) is 0.176. The van der Waals surface area contributed by atoms with Gasteiger partial charge in [0.2, 0.25) is 0 Å². The van der Waals surface area contributed by atoms with Crippen LogP contribution in [0.2, 0.25) is 0 Å². The normalized spacial score (nSPS) is 12.5. The molecule has 0 saturated carbocycles. The van der Waals surface area contributed by atoms with Crippen LogP contribution in [0.4, 0.5) is 5.69 Å². The molecule has 0 aromatic carbocycles. The van der Waals surface area contributed by atoms with Gasteiger partial charge in [0.15, 0.2) is 0 Å². The third-order valence-corrected chi connectivity index (χ3v) is 3.06. The molecule has 1 aromatic rings. The number of hydrogen-bond acceptors (Lipinski definition) is 4. The molecule has 0 amide bonds. The molecule has 1 aromatic heterocycles. The molecule has 1 N–H and O–H groups in total. The average molecular weight is 290 g/mol. The molecule has 6 heteroatoms. The summed E-state index contributed by atoms with van der Waals surface area (Å²) in [4.78, 5) is 11.6. The van der Waals surface area contributed by atoms with Crippen LogP contribution in [0.5, 0.6) is 0 Å². The third-order valence-electron chi connectivity index (χ3n) is 2.30. The molecule has 0 fully saturated rings. The van der Waals surface area contributed by atoms with E-state index in [4.69, 9.17) is 4.74 Å². The topological polar surface area (TPSA) is 56.1 Å². The second kappa shape index (κ2) is 6.00. The van der Waals surface area contributed by atoms with Crippen LogP contribution in [-0.4, -0.2) is 29.5 Å². The zero-order chi connectivity index (χ0) is 12.1. The number of aromatic nitrogens is 2. The Morgan fingerprint density at radius 2 is 2.38 bits per heavy atom. The number of nitrogens with zero attached hydrogens (tertiary/aromatic N) is 2. The fourth-order valence-corrected chi connectivity index (χ4v) is 1.77. The van der Waals surface area contributed by atoms with Gasteiger partial charge in [0.1, 0.15) is 4.47 Å². The smallest absolute Gasteiger partial charge is 0.282 e. The number of hydrogen-bond donors (Lipinski definition) is 1. The molecular weight excluding hydrogens is 274 g/mol. The van der Waals surface area contributed by atoms with E-state index in [1.54, 1.807) is 20.4 Å². The van der Waals surface area contributed by atoms with Crippen LogP contribution in [0.25, 0.3) is 0 Å². The Hall–Kier alpha value is -0.880. The van der Waals surface area contributed by atoms with Crippen LogP contribution in [-0.2, 0) is 11.8 Å². The second-order valence-corrected chi connectivity index (χ2v) is 4.30. The first-order valence-electron chi connectivity index (χ1n) is 5.07. The van der Waals surface area contributed by atoms with E-state index in [9.17, 15) is 4.79 Å². The van der Waals surface area contributed by atoms with E-state index in [1.807, 2.05) is 0 Å². The third kappa shape index (κ3) is 3.05. The Morgan fingerprint density at radius 3 is 2.94 bits per heavy atom. The Kier molecular flexibility index (Phi) is 4.95. The number of rotatable bonds is 5. The van der Waals surface area contributed by atoms with Gasteiger partial charge in [0.05, 0.1) is 18.5 Å². The van der Waals surface area contributed by atoms with Crippen LogP contribution in [0.15, 0.2) is 15.5 Å².